The van der Waals surface area contributed by atoms with E-state index in [0.29, 0.717) is 5.56 Å². The molecule has 28 heavy (non-hydrogen) atoms. The molecule has 2 aromatic rings. The highest BCUT2D eigenvalue weighted by molar-refractivity contribution is 6.33. The van der Waals surface area contributed by atoms with Crippen LogP contribution in [0.4, 0.5) is 14.9 Å². The molecule has 1 aliphatic rings. The first kappa shape index (κ1) is 19.7. The minimum absolute atomic E-state index is 0.00120. The number of ether oxygens (including phenoxy) is 1. The second-order valence-corrected chi connectivity index (χ2v) is 6.72. The van der Waals surface area contributed by atoms with Crippen molar-refractivity contribution in [2.45, 2.75) is 12.5 Å². The Morgan fingerprint density at radius 2 is 2.07 bits per heavy atom. The summed E-state index contributed by atoms with van der Waals surface area (Å²) in [6.07, 6.45) is 0.115. The molecule has 0 aliphatic carbocycles. The van der Waals surface area contributed by atoms with Crippen molar-refractivity contribution in [3.63, 3.8) is 0 Å². The number of amides is 3. The lowest BCUT2D eigenvalue weighted by molar-refractivity contribution is -0.120. The van der Waals surface area contributed by atoms with Gasteiger partial charge in [0.05, 0.1) is 21.8 Å². The molecule has 0 fully saturated rings. The molecule has 0 saturated carbocycles. The number of nitrogens with zero attached hydrogens (tertiary/aromatic N) is 2. The van der Waals surface area contributed by atoms with E-state index in [1.54, 1.807) is 6.07 Å². The number of urea groups is 1. The lowest BCUT2D eigenvalue weighted by Gasteiger charge is -2.34. The van der Waals surface area contributed by atoms with Gasteiger partial charge in [0.2, 0.25) is 0 Å². The molecule has 10 heteroatoms. The summed E-state index contributed by atoms with van der Waals surface area (Å²) in [6, 6.07) is 6.83. The van der Waals surface area contributed by atoms with Gasteiger partial charge in [0, 0.05) is 12.5 Å². The fraction of sp³-hybridized carbons (Fsp3) is 0.167. The molecule has 3 amide bonds. The fourth-order valence-corrected chi connectivity index (χ4v) is 3.28. The van der Waals surface area contributed by atoms with Crippen LogP contribution in [0.2, 0.25) is 10.0 Å². The number of nitriles is 1. The van der Waals surface area contributed by atoms with Gasteiger partial charge in [-0.15, -0.1) is 0 Å². The maximum absolute atomic E-state index is 13.6. The fourth-order valence-electron chi connectivity index (χ4n) is 2.93. The third kappa shape index (κ3) is 3.81. The second kappa shape index (κ2) is 7.92. The SMILES string of the molecule is N#CCN1C(=O)[C@H](NC(N)=O)Cc2ccc(Cl)c(Oc3cc(F)ccc3Cl)c21. The molecule has 2 aromatic carbocycles. The number of anilines is 1. The van der Waals surface area contributed by atoms with Gasteiger partial charge in [0.1, 0.15) is 24.2 Å². The Morgan fingerprint density at radius 3 is 2.75 bits per heavy atom. The van der Waals surface area contributed by atoms with Crippen LogP contribution in [0.15, 0.2) is 30.3 Å². The summed E-state index contributed by atoms with van der Waals surface area (Å²) in [7, 11) is 0. The zero-order valence-corrected chi connectivity index (χ0v) is 15.7. The largest absolute Gasteiger partial charge is 0.452 e. The molecular formula is C18H13Cl2FN4O3. The molecule has 3 N–H and O–H groups in total. The van der Waals surface area contributed by atoms with Gasteiger partial charge in [-0.2, -0.15) is 5.26 Å². The summed E-state index contributed by atoms with van der Waals surface area (Å²) in [5.74, 6) is -1.08. The van der Waals surface area contributed by atoms with E-state index in [0.717, 1.165) is 11.0 Å². The van der Waals surface area contributed by atoms with Crippen LogP contribution in [-0.4, -0.2) is 24.5 Å². The molecule has 1 atom stereocenters. The number of nitrogens with one attached hydrogen (secondary N) is 1. The van der Waals surface area contributed by atoms with Gasteiger partial charge < -0.3 is 15.8 Å². The minimum Gasteiger partial charge on any atom is -0.452 e. The van der Waals surface area contributed by atoms with Gasteiger partial charge >= 0.3 is 6.03 Å². The first-order valence-corrected chi connectivity index (χ1v) is 8.76. The molecular weight excluding hydrogens is 410 g/mol. The van der Waals surface area contributed by atoms with Gasteiger partial charge in [-0.1, -0.05) is 29.3 Å². The molecule has 0 saturated heterocycles. The number of primary amides is 1. The van der Waals surface area contributed by atoms with Crippen molar-refractivity contribution in [3.05, 3.63) is 51.8 Å². The van der Waals surface area contributed by atoms with Crippen molar-refractivity contribution < 1.29 is 18.7 Å². The molecule has 7 nitrogen and oxygen atoms in total. The average molecular weight is 423 g/mol. The minimum atomic E-state index is -0.940. The van der Waals surface area contributed by atoms with Gasteiger partial charge in [-0.05, 0) is 23.8 Å². The monoisotopic (exact) mass is 422 g/mol. The predicted octanol–water partition coefficient (Wildman–Crippen LogP) is 3.37. The normalized spacial score (nSPS) is 15.6. The van der Waals surface area contributed by atoms with E-state index in [-0.39, 0.29) is 40.2 Å². The van der Waals surface area contributed by atoms with Crippen LogP contribution in [0.3, 0.4) is 0 Å². The number of carbonyl (C=O) groups excluding carboxylic acids is 2. The first-order valence-electron chi connectivity index (χ1n) is 8.00. The predicted molar refractivity (Wildman–Crippen MR) is 101 cm³/mol. The summed E-state index contributed by atoms with van der Waals surface area (Å²) >= 11 is 12.3. The number of hydrogen-bond acceptors (Lipinski definition) is 4. The van der Waals surface area contributed by atoms with Gasteiger partial charge in [-0.25, -0.2) is 9.18 Å². The van der Waals surface area contributed by atoms with Crippen molar-refractivity contribution in [1.29, 1.82) is 5.26 Å². The van der Waals surface area contributed by atoms with Gasteiger partial charge in [0.15, 0.2) is 5.75 Å². The van der Waals surface area contributed by atoms with Gasteiger partial charge in [-0.3, -0.25) is 9.69 Å². The first-order chi connectivity index (χ1) is 13.3. The molecule has 0 aromatic heterocycles. The summed E-state index contributed by atoms with van der Waals surface area (Å²) in [4.78, 5) is 25.1. The maximum atomic E-state index is 13.6. The van der Waals surface area contributed by atoms with Crippen LogP contribution < -0.4 is 20.7 Å². The molecule has 1 heterocycles. The number of rotatable bonds is 4. The number of benzene rings is 2. The van der Waals surface area contributed by atoms with Crippen LogP contribution in [0, 0.1) is 17.1 Å². The number of fused-ring (bicyclic) bond motifs is 1. The highest BCUT2D eigenvalue weighted by Gasteiger charge is 2.36. The number of halogens is 3. The van der Waals surface area contributed by atoms with Crippen LogP contribution in [0.5, 0.6) is 11.5 Å². The molecule has 0 radical (unpaired) electrons. The Kier molecular flexibility index (Phi) is 5.58. The Balaban J connectivity index is 2.11. The number of carbonyl (C=O) groups is 2. The summed E-state index contributed by atoms with van der Waals surface area (Å²) in [5, 5.41) is 11.8. The quantitative estimate of drug-likeness (QED) is 0.735. The van der Waals surface area contributed by atoms with E-state index >= 15 is 0 Å². The summed E-state index contributed by atoms with van der Waals surface area (Å²) < 4.78 is 19.3. The van der Waals surface area contributed by atoms with Gasteiger partial charge in [0.25, 0.3) is 5.91 Å². The lowest BCUT2D eigenvalue weighted by atomic mass is 9.96. The van der Waals surface area contributed by atoms with E-state index in [4.69, 9.17) is 38.9 Å². The molecule has 144 valence electrons. The molecule has 3 rings (SSSR count). The maximum Gasteiger partial charge on any atom is 0.312 e. The highest BCUT2D eigenvalue weighted by Crippen LogP contribution is 2.45. The third-order valence-corrected chi connectivity index (χ3v) is 4.69. The average Bonchev–Trinajstić information content (AvgIpc) is 2.63. The zero-order valence-electron chi connectivity index (χ0n) is 14.2. The second-order valence-electron chi connectivity index (χ2n) is 5.91. The van der Waals surface area contributed by atoms with Crippen LogP contribution in [0.1, 0.15) is 5.56 Å². The standard InChI is InChI=1S/C18H13Cl2FN4O3/c19-11-4-2-10(21)8-14(11)28-16-12(20)3-1-9-7-13(24-18(23)27)17(26)25(6-5-22)15(9)16/h1-4,8,13H,6-7H2,(H3,23,24,27)/t13-/m1/s1. The van der Waals surface area contributed by atoms with Crippen molar-refractivity contribution in [2.24, 2.45) is 5.73 Å². The van der Waals surface area contributed by atoms with E-state index in [1.807, 2.05) is 6.07 Å². The Morgan fingerprint density at radius 1 is 1.36 bits per heavy atom. The smallest absolute Gasteiger partial charge is 0.312 e. The molecule has 0 spiro atoms. The van der Waals surface area contributed by atoms with Crippen molar-refractivity contribution in [3.8, 4) is 17.6 Å². The lowest BCUT2D eigenvalue weighted by Crippen LogP contribution is -2.54. The van der Waals surface area contributed by atoms with Crippen molar-refractivity contribution in [2.75, 3.05) is 11.4 Å². The number of hydrogen-bond donors (Lipinski definition) is 2. The van der Waals surface area contributed by atoms with Crippen LogP contribution in [0.25, 0.3) is 0 Å². The third-order valence-electron chi connectivity index (χ3n) is 4.08. The van der Waals surface area contributed by atoms with Crippen molar-refractivity contribution >= 4 is 40.8 Å². The van der Waals surface area contributed by atoms with Crippen LogP contribution in [-0.2, 0) is 11.2 Å². The van der Waals surface area contributed by atoms with Crippen LogP contribution >= 0.6 is 23.2 Å². The molecule has 1 aliphatic heterocycles. The van der Waals surface area contributed by atoms with Crippen molar-refractivity contribution in [1.82, 2.24) is 5.32 Å². The van der Waals surface area contributed by atoms with E-state index in [1.165, 1.54) is 18.2 Å². The topological polar surface area (TPSA) is 108 Å². The highest BCUT2D eigenvalue weighted by atomic mass is 35.5. The Bertz CT molecular complexity index is 1010. The summed E-state index contributed by atoms with van der Waals surface area (Å²) in [5.41, 5.74) is 5.97. The van der Waals surface area contributed by atoms with E-state index in [2.05, 4.69) is 5.32 Å². The Hall–Kier alpha value is -3.02. The van der Waals surface area contributed by atoms with E-state index in [9.17, 15) is 14.0 Å². The summed E-state index contributed by atoms with van der Waals surface area (Å²) in [6.45, 7) is -0.323. The Labute approximate surface area is 169 Å². The number of nitrogens with two attached hydrogens (primary N) is 1. The zero-order chi connectivity index (χ0) is 20.4. The van der Waals surface area contributed by atoms with E-state index < -0.39 is 23.8 Å². The molecule has 0 bridgehead atoms. The molecule has 0 unspecified atom stereocenters.